The monoisotopic (exact) mass is 334 g/mol. The van der Waals surface area contributed by atoms with Crippen LogP contribution in [0.2, 0.25) is 0 Å². The van der Waals surface area contributed by atoms with Crippen molar-refractivity contribution in [2.24, 2.45) is 0 Å². The maximum absolute atomic E-state index is 4.38. The highest BCUT2D eigenvalue weighted by Gasteiger charge is 2.20. The molecular weight excluding hydrogens is 312 g/mol. The summed E-state index contributed by atoms with van der Waals surface area (Å²) in [6.07, 6.45) is 7.22. The van der Waals surface area contributed by atoms with E-state index in [0.717, 1.165) is 42.9 Å². The van der Waals surface area contributed by atoms with Gasteiger partial charge in [0.15, 0.2) is 0 Å². The van der Waals surface area contributed by atoms with Gasteiger partial charge in [-0.1, -0.05) is 6.07 Å². The second-order valence-corrected chi connectivity index (χ2v) is 6.37. The highest BCUT2D eigenvalue weighted by Crippen LogP contribution is 2.27. The summed E-state index contributed by atoms with van der Waals surface area (Å²) in [5.74, 6) is 0. The molecule has 0 radical (unpaired) electrons. The fourth-order valence-corrected chi connectivity index (χ4v) is 3.29. The normalized spacial score (nSPS) is 17.6. The fraction of sp³-hybridized carbons (Fsp3) is 0.316. The molecule has 3 heterocycles. The second-order valence-electron chi connectivity index (χ2n) is 6.37. The Morgan fingerprint density at radius 3 is 2.92 bits per heavy atom. The molecule has 0 unspecified atom stereocenters. The van der Waals surface area contributed by atoms with E-state index in [4.69, 9.17) is 0 Å². The molecule has 0 saturated carbocycles. The number of piperazine rings is 1. The molecular formula is C19H22N6. The molecule has 1 aromatic carbocycles. The zero-order chi connectivity index (χ0) is 17.1. The Hall–Kier alpha value is -2.73. The van der Waals surface area contributed by atoms with E-state index >= 15 is 0 Å². The predicted octanol–water partition coefficient (Wildman–Crippen LogP) is 2.43. The SMILES string of the molecule is C[C@H]1CNCCN1c1ccncc1NCc1ccc2nccnc2c1. The van der Waals surface area contributed by atoms with E-state index in [0.29, 0.717) is 6.04 Å². The van der Waals surface area contributed by atoms with Crippen LogP contribution in [0.1, 0.15) is 12.5 Å². The molecule has 6 nitrogen and oxygen atoms in total. The van der Waals surface area contributed by atoms with Gasteiger partial charge in [0, 0.05) is 50.8 Å². The van der Waals surface area contributed by atoms with Crippen molar-refractivity contribution < 1.29 is 0 Å². The van der Waals surface area contributed by atoms with Crippen LogP contribution in [0.4, 0.5) is 11.4 Å². The fourth-order valence-electron chi connectivity index (χ4n) is 3.29. The minimum Gasteiger partial charge on any atom is -0.378 e. The Labute approximate surface area is 147 Å². The number of aromatic nitrogens is 3. The first-order valence-corrected chi connectivity index (χ1v) is 8.66. The number of nitrogens with one attached hydrogen (secondary N) is 2. The van der Waals surface area contributed by atoms with Gasteiger partial charge < -0.3 is 15.5 Å². The summed E-state index contributed by atoms with van der Waals surface area (Å²) in [5.41, 5.74) is 5.29. The number of benzene rings is 1. The largest absolute Gasteiger partial charge is 0.378 e. The van der Waals surface area contributed by atoms with Crippen molar-refractivity contribution in [2.75, 3.05) is 29.9 Å². The molecule has 4 rings (SSSR count). The summed E-state index contributed by atoms with van der Waals surface area (Å²) < 4.78 is 0. The summed E-state index contributed by atoms with van der Waals surface area (Å²) in [6, 6.07) is 8.75. The molecule has 1 saturated heterocycles. The van der Waals surface area contributed by atoms with Crippen LogP contribution in [-0.4, -0.2) is 40.6 Å². The van der Waals surface area contributed by atoms with Gasteiger partial charge in [0.25, 0.3) is 0 Å². The molecule has 0 amide bonds. The van der Waals surface area contributed by atoms with E-state index in [1.54, 1.807) is 12.4 Å². The Morgan fingerprint density at radius 1 is 1.16 bits per heavy atom. The third kappa shape index (κ3) is 3.39. The number of hydrogen-bond acceptors (Lipinski definition) is 6. The maximum atomic E-state index is 4.38. The van der Waals surface area contributed by atoms with Crippen molar-refractivity contribution >= 4 is 22.4 Å². The van der Waals surface area contributed by atoms with Crippen molar-refractivity contribution in [3.05, 3.63) is 54.6 Å². The van der Waals surface area contributed by atoms with E-state index < -0.39 is 0 Å². The standard InChI is InChI=1S/C19H22N6/c1-14-11-21-8-9-25(14)19-4-5-20-13-18(19)24-12-15-2-3-16-17(10-15)23-7-6-22-16/h2-7,10,13-14,21,24H,8-9,11-12H2,1H3/t14-/m0/s1. The number of anilines is 2. The molecule has 2 aromatic heterocycles. The number of pyridine rings is 1. The quantitative estimate of drug-likeness (QED) is 0.764. The molecule has 1 atom stereocenters. The van der Waals surface area contributed by atoms with E-state index in [-0.39, 0.29) is 0 Å². The Kier molecular flexibility index (Phi) is 4.43. The van der Waals surface area contributed by atoms with Crippen LogP contribution in [0, 0.1) is 0 Å². The lowest BCUT2D eigenvalue weighted by atomic mass is 10.1. The molecule has 1 aliphatic heterocycles. The van der Waals surface area contributed by atoms with Crippen molar-refractivity contribution in [3.8, 4) is 0 Å². The zero-order valence-electron chi connectivity index (χ0n) is 14.3. The molecule has 1 fully saturated rings. The third-order valence-corrected chi connectivity index (χ3v) is 4.63. The van der Waals surface area contributed by atoms with Crippen LogP contribution in [0.15, 0.2) is 49.1 Å². The number of nitrogens with zero attached hydrogens (tertiary/aromatic N) is 4. The van der Waals surface area contributed by atoms with E-state index in [1.807, 2.05) is 18.5 Å². The first kappa shape index (κ1) is 15.8. The number of fused-ring (bicyclic) bond motifs is 1. The van der Waals surface area contributed by atoms with Gasteiger partial charge >= 0.3 is 0 Å². The Balaban J connectivity index is 1.54. The smallest absolute Gasteiger partial charge is 0.0890 e. The lowest BCUT2D eigenvalue weighted by Gasteiger charge is -2.37. The molecule has 2 N–H and O–H groups in total. The first-order chi connectivity index (χ1) is 12.3. The molecule has 6 heteroatoms. The zero-order valence-corrected chi connectivity index (χ0v) is 14.3. The molecule has 0 bridgehead atoms. The maximum Gasteiger partial charge on any atom is 0.0890 e. The number of rotatable bonds is 4. The molecule has 128 valence electrons. The van der Waals surface area contributed by atoms with Crippen LogP contribution in [0.25, 0.3) is 11.0 Å². The van der Waals surface area contributed by atoms with Crippen LogP contribution in [-0.2, 0) is 6.54 Å². The molecule has 25 heavy (non-hydrogen) atoms. The van der Waals surface area contributed by atoms with Gasteiger partial charge in [-0.2, -0.15) is 0 Å². The topological polar surface area (TPSA) is 66.0 Å². The van der Waals surface area contributed by atoms with Crippen molar-refractivity contribution in [3.63, 3.8) is 0 Å². The van der Waals surface area contributed by atoms with E-state index in [1.165, 1.54) is 11.3 Å². The van der Waals surface area contributed by atoms with Gasteiger partial charge in [-0.25, -0.2) is 0 Å². The lowest BCUT2D eigenvalue weighted by Crippen LogP contribution is -2.50. The van der Waals surface area contributed by atoms with Gasteiger partial charge in [-0.15, -0.1) is 0 Å². The molecule has 3 aromatic rings. The van der Waals surface area contributed by atoms with Crippen LogP contribution < -0.4 is 15.5 Å². The summed E-state index contributed by atoms with van der Waals surface area (Å²) in [4.78, 5) is 15.4. The first-order valence-electron chi connectivity index (χ1n) is 8.66. The molecule has 1 aliphatic rings. The number of hydrogen-bond donors (Lipinski definition) is 2. The van der Waals surface area contributed by atoms with E-state index in [2.05, 4.69) is 55.6 Å². The summed E-state index contributed by atoms with van der Waals surface area (Å²) >= 11 is 0. The lowest BCUT2D eigenvalue weighted by molar-refractivity contribution is 0.501. The average molecular weight is 334 g/mol. The van der Waals surface area contributed by atoms with Gasteiger partial charge in [0.05, 0.1) is 28.6 Å². The Bertz CT molecular complexity index is 865. The van der Waals surface area contributed by atoms with Crippen LogP contribution >= 0.6 is 0 Å². The summed E-state index contributed by atoms with van der Waals surface area (Å²) in [6.45, 7) is 6.00. The third-order valence-electron chi connectivity index (χ3n) is 4.63. The van der Waals surface area contributed by atoms with Gasteiger partial charge in [-0.05, 0) is 30.7 Å². The highest BCUT2D eigenvalue weighted by atomic mass is 15.2. The van der Waals surface area contributed by atoms with Crippen molar-refractivity contribution in [2.45, 2.75) is 19.5 Å². The van der Waals surface area contributed by atoms with Crippen LogP contribution in [0.3, 0.4) is 0 Å². The second kappa shape index (κ2) is 7.03. The van der Waals surface area contributed by atoms with Gasteiger partial charge in [0.2, 0.25) is 0 Å². The minimum absolute atomic E-state index is 0.465. The van der Waals surface area contributed by atoms with Crippen LogP contribution in [0.5, 0.6) is 0 Å². The van der Waals surface area contributed by atoms with Gasteiger partial charge in [0.1, 0.15) is 0 Å². The predicted molar refractivity (Wildman–Crippen MR) is 101 cm³/mol. The van der Waals surface area contributed by atoms with Crippen molar-refractivity contribution in [1.82, 2.24) is 20.3 Å². The summed E-state index contributed by atoms with van der Waals surface area (Å²) in [5, 5.41) is 6.98. The van der Waals surface area contributed by atoms with Gasteiger partial charge in [-0.3, -0.25) is 15.0 Å². The summed E-state index contributed by atoms with van der Waals surface area (Å²) in [7, 11) is 0. The molecule has 0 aliphatic carbocycles. The Morgan fingerprint density at radius 2 is 2.04 bits per heavy atom. The van der Waals surface area contributed by atoms with Crippen molar-refractivity contribution in [1.29, 1.82) is 0 Å². The van der Waals surface area contributed by atoms with E-state index in [9.17, 15) is 0 Å². The molecule has 0 spiro atoms. The average Bonchev–Trinajstić information content (AvgIpc) is 2.67. The minimum atomic E-state index is 0.465. The highest BCUT2D eigenvalue weighted by molar-refractivity contribution is 5.75.